The molecule has 3 aliphatic rings. The van der Waals surface area contributed by atoms with Crippen LogP contribution in [0.15, 0.2) is 24.3 Å². The number of ether oxygens (including phenoxy) is 1. The number of urea groups is 1. The largest absolute Gasteiger partial charge is 0.492 e. The highest BCUT2D eigenvalue weighted by atomic mass is 16.5. The van der Waals surface area contributed by atoms with Crippen LogP contribution in [0.1, 0.15) is 32.1 Å². The second-order valence-corrected chi connectivity index (χ2v) is 8.19. The molecule has 0 bridgehead atoms. The van der Waals surface area contributed by atoms with Crippen LogP contribution in [0, 0.1) is 5.41 Å². The van der Waals surface area contributed by atoms with Crippen molar-refractivity contribution in [2.75, 3.05) is 50.8 Å². The van der Waals surface area contributed by atoms with Gasteiger partial charge in [-0.15, -0.1) is 0 Å². The van der Waals surface area contributed by atoms with Crippen LogP contribution in [0.25, 0.3) is 0 Å². The first-order valence-corrected chi connectivity index (χ1v) is 10.4. The highest BCUT2D eigenvalue weighted by Crippen LogP contribution is 2.39. The van der Waals surface area contributed by atoms with E-state index >= 15 is 0 Å². The predicted molar refractivity (Wildman–Crippen MR) is 108 cm³/mol. The second-order valence-electron chi connectivity index (χ2n) is 8.19. The molecule has 1 spiro atoms. The van der Waals surface area contributed by atoms with Crippen LogP contribution in [0.3, 0.4) is 0 Å². The van der Waals surface area contributed by atoms with Crippen molar-refractivity contribution >= 4 is 17.6 Å². The molecule has 0 atom stereocenters. The van der Waals surface area contributed by atoms with E-state index in [1.807, 2.05) is 24.3 Å². The molecular weight excluding hydrogens is 356 g/mol. The Morgan fingerprint density at radius 2 is 1.82 bits per heavy atom. The highest BCUT2D eigenvalue weighted by molar-refractivity contribution is 6.05. The zero-order valence-electron chi connectivity index (χ0n) is 16.4. The van der Waals surface area contributed by atoms with Gasteiger partial charge < -0.3 is 10.1 Å². The molecule has 1 aromatic rings. The number of nitrogens with zero attached hydrogens (tertiary/aromatic N) is 2. The summed E-state index contributed by atoms with van der Waals surface area (Å²) in [6.07, 6.45) is 5.56. The van der Waals surface area contributed by atoms with Crippen molar-refractivity contribution in [2.45, 2.75) is 32.1 Å². The van der Waals surface area contributed by atoms with E-state index in [0.29, 0.717) is 25.0 Å². The lowest BCUT2D eigenvalue weighted by atomic mass is 9.71. The van der Waals surface area contributed by atoms with Crippen LogP contribution >= 0.6 is 0 Å². The van der Waals surface area contributed by atoms with Gasteiger partial charge in [-0.3, -0.25) is 19.9 Å². The fraction of sp³-hybridized carbons (Fsp3) is 0.619. The Labute approximate surface area is 166 Å². The topological polar surface area (TPSA) is 73.9 Å². The van der Waals surface area contributed by atoms with Crippen molar-refractivity contribution in [3.63, 3.8) is 0 Å². The van der Waals surface area contributed by atoms with Gasteiger partial charge in [-0.1, -0.05) is 6.07 Å². The Bertz CT molecular complexity index is 707. The standard InChI is InChI=1S/C21H30N4O3/c26-19-4-11-25(20(27)23-19)17-2-1-3-18(16-17)28-15-14-24-12-7-21(8-13-24)5-9-22-10-6-21/h1-3,16,22H,4-15H2,(H,23,26,27). The number of benzene rings is 1. The molecule has 0 aromatic heterocycles. The van der Waals surface area contributed by atoms with Gasteiger partial charge in [0.05, 0.1) is 0 Å². The van der Waals surface area contributed by atoms with E-state index in [-0.39, 0.29) is 11.9 Å². The number of carbonyl (C=O) groups excluding carboxylic acids is 2. The zero-order valence-corrected chi connectivity index (χ0v) is 16.4. The number of rotatable bonds is 5. The minimum absolute atomic E-state index is 0.221. The molecule has 0 radical (unpaired) electrons. The maximum atomic E-state index is 12.0. The van der Waals surface area contributed by atoms with Gasteiger partial charge in [0.2, 0.25) is 5.91 Å². The number of hydrogen-bond acceptors (Lipinski definition) is 5. The summed E-state index contributed by atoms with van der Waals surface area (Å²) >= 11 is 0. The first kappa shape index (κ1) is 19.2. The van der Waals surface area contributed by atoms with Gasteiger partial charge in [0, 0.05) is 31.3 Å². The molecule has 4 rings (SSSR count). The molecule has 0 aliphatic carbocycles. The molecule has 2 N–H and O–H groups in total. The second kappa shape index (κ2) is 8.49. The lowest BCUT2D eigenvalue weighted by Gasteiger charge is -2.44. The van der Waals surface area contributed by atoms with E-state index < -0.39 is 0 Å². The van der Waals surface area contributed by atoms with Crippen molar-refractivity contribution in [1.29, 1.82) is 0 Å². The van der Waals surface area contributed by atoms with Crippen molar-refractivity contribution in [2.24, 2.45) is 5.41 Å². The van der Waals surface area contributed by atoms with Crippen molar-refractivity contribution in [3.05, 3.63) is 24.3 Å². The third kappa shape index (κ3) is 4.47. The average Bonchev–Trinajstić information content (AvgIpc) is 2.71. The molecule has 7 nitrogen and oxygen atoms in total. The van der Waals surface area contributed by atoms with Gasteiger partial charge in [0.15, 0.2) is 0 Å². The fourth-order valence-electron chi connectivity index (χ4n) is 4.55. The van der Waals surface area contributed by atoms with Crippen LogP contribution in [-0.4, -0.2) is 62.7 Å². The monoisotopic (exact) mass is 386 g/mol. The van der Waals surface area contributed by atoms with Gasteiger partial charge in [-0.2, -0.15) is 0 Å². The molecule has 7 heteroatoms. The van der Waals surface area contributed by atoms with Gasteiger partial charge in [0.25, 0.3) is 0 Å². The lowest BCUT2D eigenvalue weighted by molar-refractivity contribution is -0.120. The zero-order chi connectivity index (χ0) is 19.4. The summed E-state index contributed by atoms with van der Waals surface area (Å²) in [7, 11) is 0. The number of nitrogens with one attached hydrogen (secondary N) is 2. The number of carbonyl (C=O) groups is 2. The molecule has 0 saturated carbocycles. The molecule has 28 heavy (non-hydrogen) atoms. The first-order valence-electron chi connectivity index (χ1n) is 10.4. The number of imide groups is 1. The van der Waals surface area contributed by atoms with Gasteiger partial charge in [-0.05, 0) is 69.4 Å². The van der Waals surface area contributed by atoms with Gasteiger partial charge in [0.1, 0.15) is 12.4 Å². The fourth-order valence-corrected chi connectivity index (χ4v) is 4.55. The van der Waals surface area contributed by atoms with Crippen molar-refractivity contribution in [3.8, 4) is 5.75 Å². The summed E-state index contributed by atoms with van der Waals surface area (Å²) in [6, 6.07) is 7.17. The Balaban J connectivity index is 1.24. The van der Waals surface area contributed by atoms with E-state index in [0.717, 1.165) is 31.1 Å². The predicted octanol–water partition coefficient (Wildman–Crippen LogP) is 1.98. The van der Waals surface area contributed by atoms with E-state index in [1.165, 1.54) is 38.8 Å². The summed E-state index contributed by atoms with van der Waals surface area (Å²) in [4.78, 5) is 27.4. The first-order chi connectivity index (χ1) is 13.6. The molecule has 1 aromatic carbocycles. The summed E-state index contributed by atoms with van der Waals surface area (Å²) in [6.45, 7) is 6.63. The van der Waals surface area contributed by atoms with E-state index in [4.69, 9.17) is 4.74 Å². The Hall–Kier alpha value is -2.12. The van der Waals surface area contributed by atoms with Crippen LogP contribution in [0.5, 0.6) is 5.75 Å². The van der Waals surface area contributed by atoms with Crippen LogP contribution < -0.4 is 20.3 Å². The summed E-state index contributed by atoms with van der Waals surface area (Å²) in [5.74, 6) is 0.537. The maximum absolute atomic E-state index is 12.0. The number of amides is 3. The maximum Gasteiger partial charge on any atom is 0.328 e. The lowest BCUT2D eigenvalue weighted by Crippen LogP contribution is -2.49. The molecule has 152 valence electrons. The van der Waals surface area contributed by atoms with E-state index in [9.17, 15) is 9.59 Å². The normalized spacial score (nSPS) is 22.9. The average molecular weight is 386 g/mol. The number of anilines is 1. The molecular formula is C21H30N4O3. The summed E-state index contributed by atoms with van der Waals surface area (Å²) < 4.78 is 5.96. The highest BCUT2D eigenvalue weighted by Gasteiger charge is 2.35. The van der Waals surface area contributed by atoms with Crippen molar-refractivity contribution < 1.29 is 14.3 Å². The quantitative estimate of drug-likeness (QED) is 0.810. The van der Waals surface area contributed by atoms with Gasteiger partial charge >= 0.3 is 6.03 Å². The minimum Gasteiger partial charge on any atom is -0.492 e. The number of piperidine rings is 2. The smallest absolute Gasteiger partial charge is 0.328 e. The molecule has 3 saturated heterocycles. The summed E-state index contributed by atoms with van der Waals surface area (Å²) in [5.41, 5.74) is 1.33. The number of likely N-dealkylation sites (tertiary alicyclic amines) is 1. The Kier molecular flexibility index (Phi) is 5.82. The van der Waals surface area contributed by atoms with E-state index in [2.05, 4.69) is 15.5 Å². The Morgan fingerprint density at radius 3 is 2.57 bits per heavy atom. The van der Waals surface area contributed by atoms with E-state index in [1.54, 1.807) is 4.90 Å². The third-order valence-corrected chi connectivity index (χ3v) is 6.44. The molecule has 0 unspecified atom stereocenters. The SMILES string of the molecule is O=C1CCN(c2cccc(OCCN3CCC4(CCNCC4)CC3)c2)C(=O)N1. The molecule has 3 heterocycles. The molecule has 3 amide bonds. The summed E-state index contributed by atoms with van der Waals surface area (Å²) in [5, 5.41) is 5.83. The number of hydrogen-bond donors (Lipinski definition) is 2. The molecule has 3 fully saturated rings. The van der Waals surface area contributed by atoms with Crippen LogP contribution in [0.2, 0.25) is 0 Å². The Morgan fingerprint density at radius 1 is 1.04 bits per heavy atom. The minimum atomic E-state index is -0.367. The van der Waals surface area contributed by atoms with Gasteiger partial charge in [-0.25, -0.2) is 4.79 Å². The van der Waals surface area contributed by atoms with Crippen molar-refractivity contribution in [1.82, 2.24) is 15.5 Å². The molecule has 3 aliphatic heterocycles. The van der Waals surface area contributed by atoms with Crippen LogP contribution in [0.4, 0.5) is 10.5 Å². The van der Waals surface area contributed by atoms with Crippen LogP contribution in [-0.2, 0) is 4.79 Å². The third-order valence-electron chi connectivity index (χ3n) is 6.44.